The van der Waals surface area contributed by atoms with Gasteiger partial charge in [0.05, 0.1) is 24.0 Å². The van der Waals surface area contributed by atoms with Crippen LogP contribution in [0.4, 0.5) is 5.69 Å². The highest BCUT2D eigenvalue weighted by atomic mass is 16.5. The van der Waals surface area contributed by atoms with Crippen LogP contribution in [0, 0.1) is 0 Å². The average Bonchev–Trinajstić information content (AvgIpc) is 2.36. The first-order valence-electron chi connectivity index (χ1n) is 6.53. The Morgan fingerprint density at radius 2 is 2.26 bits per heavy atom. The molecule has 1 unspecified atom stereocenters. The van der Waals surface area contributed by atoms with E-state index in [0.29, 0.717) is 36.6 Å². The molecule has 19 heavy (non-hydrogen) atoms. The van der Waals surface area contributed by atoms with E-state index >= 15 is 0 Å². The SMILES string of the molecule is CCOc1c(N)cccc1C(=O)NCCCC(C)O. The Labute approximate surface area is 113 Å². The van der Waals surface area contributed by atoms with Crippen LogP contribution in [0.1, 0.15) is 37.0 Å². The third kappa shape index (κ3) is 4.79. The molecule has 0 aliphatic rings. The van der Waals surface area contributed by atoms with Crippen LogP contribution in [0.15, 0.2) is 18.2 Å². The molecule has 1 rings (SSSR count). The minimum atomic E-state index is -0.344. The van der Waals surface area contributed by atoms with Crippen molar-refractivity contribution in [1.82, 2.24) is 5.32 Å². The molecule has 0 radical (unpaired) electrons. The fraction of sp³-hybridized carbons (Fsp3) is 0.500. The lowest BCUT2D eigenvalue weighted by Gasteiger charge is -2.12. The highest BCUT2D eigenvalue weighted by Gasteiger charge is 2.14. The molecule has 1 aromatic carbocycles. The monoisotopic (exact) mass is 266 g/mol. The number of carbonyl (C=O) groups is 1. The predicted octanol–water partition coefficient (Wildman–Crippen LogP) is 1.56. The lowest BCUT2D eigenvalue weighted by Crippen LogP contribution is -2.25. The predicted molar refractivity (Wildman–Crippen MR) is 75.3 cm³/mol. The Morgan fingerprint density at radius 3 is 2.89 bits per heavy atom. The quantitative estimate of drug-likeness (QED) is 0.516. The van der Waals surface area contributed by atoms with Gasteiger partial charge in [-0.1, -0.05) is 6.07 Å². The first-order chi connectivity index (χ1) is 9.06. The van der Waals surface area contributed by atoms with Crippen LogP contribution in [0.3, 0.4) is 0 Å². The molecule has 5 heteroatoms. The number of hydrogen-bond acceptors (Lipinski definition) is 4. The summed E-state index contributed by atoms with van der Waals surface area (Å²) in [5.74, 6) is 0.222. The van der Waals surface area contributed by atoms with Crippen molar-refractivity contribution in [3.05, 3.63) is 23.8 Å². The zero-order valence-corrected chi connectivity index (χ0v) is 11.5. The van der Waals surface area contributed by atoms with Crippen LogP contribution in [0.5, 0.6) is 5.75 Å². The Morgan fingerprint density at radius 1 is 1.53 bits per heavy atom. The third-order valence-electron chi connectivity index (χ3n) is 2.66. The number of carbonyl (C=O) groups excluding carboxylic acids is 1. The number of para-hydroxylation sites is 1. The van der Waals surface area contributed by atoms with E-state index in [1.807, 2.05) is 6.92 Å². The van der Waals surface area contributed by atoms with Crippen molar-refractivity contribution < 1.29 is 14.6 Å². The maximum atomic E-state index is 12.0. The molecule has 0 spiro atoms. The highest BCUT2D eigenvalue weighted by Crippen LogP contribution is 2.26. The van der Waals surface area contributed by atoms with Crippen LogP contribution in [-0.2, 0) is 0 Å². The molecule has 0 aromatic heterocycles. The molecule has 1 atom stereocenters. The molecule has 4 N–H and O–H groups in total. The van der Waals surface area contributed by atoms with Gasteiger partial charge in [-0.2, -0.15) is 0 Å². The summed E-state index contributed by atoms with van der Waals surface area (Å²) in [7, 11) is 0. The summed E-state index contributed by atoms with van der Waals surface area (Å²) >= 11 is 0. The summed E-state index contributed by atoms with van der Waals surface area (Å²) in [6.07, 6.45) is 1.05. The average molecular weight is 266 g/mol. The lowest BCUT2D eigenvalue weighted by molar-refractivity contribution is 0.0946. The van der Waals surface area contributed by atoms with Gasteiger partial charge in [0.1, 0.15) is 0 Å². The molecule has 0 saturated heterocycles. The van der Waals surface area contributed by atoms with Crippen molar-refractivity contribution >= 4 is 11.6 Å². The molecule has 0 saturated carbocycles. The van der Waals surface area contributed by atoms with Crippen molar-refractivity contribution in [3.8, 4) is 5.75 Å². The molecule has 0 heterocycles. The van der Waals surface area contributed by atoms with E-state index in [1.165, 1.54) is 0 Å². The largest absolute Gasteiger partial charge is 0.491 e. The van der Waals surface area contributed by atoms with E-state index < -0.39 is 0 Å². The van der Waals surface area contributed by atoms with Gasteiger partial charge in [-0.15, -0.1) is 0 Å². The minimum absolute atomic E-state index is 0.207. The van der Waals surface area contributed by atoms with Crippen molar-refractivity contribution in [3.63, 3.8) is 0 Å². The van der Waals surface area contributed by atoms with Crippen LogP contribution < -0.4 is 15.8 Å². The van der Waals surface area contributed by atoms with Gasteiger partial charge in [0, 0.05) is 6.54 Å². The van der Waals surface area contributed by atoms with Gasteiger partial charge < -0.3 is 20.9 Å². The standard InChI is InChI=1S/C14H22N2O3/c1-3-19-13-11(7-4-8-12(13)15)14(18)16-9-5-6-10(2)17/h4,7-8,10,17H,3,5-6,9,15H2,1-2H3,(H,16,18). The molecule has 106 valence electrons. The van der Waals surface area contributed by atoms with Crippen molar-refractivity contribution in [2.75, 3.05) is 18.9 Å². The summed E-state index contributed by atoms with van der Waals surface area (Å²) in [6, 6.07) is 5.11. The number of aliphatic hydroxyl groups excluding tert-OH is 1. The van der Waals surface area contributed by atoms with Gasteiger partial charge in [0.25, 0.3) is 5.91 Å². The highest BCUT2D eigenvalue weighted by molar-refractivity contribution is 5.98. The maximum absolute atomic E-state index is 12.0. The first-order valence-corrected chi connectivity index (χ1v) is 6.53. The molecule has 5 nitrogen and oxygen atoms in total. The molecular formula is C14H22N2O3. The van der Waals surface area contributed by atoms with E-state index in [2.05, 4.69) is 5.32 Å². The summed E-state index contributed by atoms with van der Waals surface area (Å²) in [6.45, 7) is 4.55. The number of rotatable bonds is 7. The first kappa shape index (κ1) is 15.3. The van der Waals surface area contributed by atoms with E-state index in [4.69, 9.17) is 15.6 Å². The number of ether oxygens (including phenoxy) is 1. The molecular weight excluding hydrogens is 244 g/mol. The molecule has 1 amide bonds. The van der Waals surface area contributed by atoms with Crippen LogP contribution in [0.25, 0.3) is 0 Å². The van der Waals surface area contributed by atoms with Crippen LogP contribution >= 0.6 is 0 Å². The van der Waals surface area contributed by atoms with Gasteiger partial charge in [0.2, 0.25) is 0 Å². The minimum Gasteiger partial charge on any atom is -0.491 e. The number of nitrogens with two attached hydrogens (primary N) is 1. The molecule has 1 aromatic rings. The fourth-order valence-electron chi connectivity index (χ4n) is 1.73. The summed E-state index contributed by atoms with van der Waals surface area (Å²) in [4.78, 5) is 12.0. The normalized spacial score (nSPS) is 11.9. The number of anilines is 1. The summed E-state index contributed by atoms with van der Waals surface area (Å²) in [5.41, 5.74) is 6.70. The van der Waals surface area contributed by atoms with Crippen LogP contribution in [-0.4, -0.2) is 30.3 Å². The maximum Gasteiger partial charge on any atom is 0.255 e. The van der Waals surface area contributed by atoms with Crippen LogP contribution in [0.2, 0.25) is 0 Å². The van der Waals surface area contributed by atoms with Crippen molar-refractivity contribution in [2.45, 2.75) is 32.8 Å². The second-order valence-corrected chi connectivity index (χ2v) is 4.40. The lowest BCUT2D eigenvalue weighted by atomic mass is 10.1. The third-order valence-corrected chi connectivity index (χ3v) is 2.66. The number of nitrogen functional groups attached to an aromatic ring is 1. The van der Waals surface area contributed by atoms with E-state index in [1.54, 1.807) is 25.1 Å². The van der Waals surface area contributed by atoms with E-state index in [0.717, 1.165) is 6.42 Å². The number of benzene rings is 1. The van der Waals surface area contributed by atoms with E-state index in [9.17, 15) is 4.79 Å². The Kier molecular flexibility index (Phi) is 6.15. The summed E-state index contributed by atoms with van der Waals surface area (Å²) in [5, 5.41) is 11.9. The summed E-state index contributed by atoms with van der Waals surface area (Å²) < 4.78 is 5.41. The zero-order valence-electron chi connectivity index (χ0n) is 11.5. The smallest absolute Gasteiger partial charge is 0.255 e. The Hall–Kier alpha value is -1.75. The molecule has 0 fully saturated rings. The fourth-order valence-corrected chi connectivity index (χ4v) is 1.73. The topological polar surface area (TPSA) is 84.6 Å². The number of hydrogen-bond donors (Lipinski definition) is 3. The van der Waals surface area contributed by atoms with Gasteiger partial charge in [-0.25, -0.2) is 0 Å². The van der Waals surface area contributed by atoms with Gasteiger partial charge in [-0.05, 0) is 38.8 Å². The Balaban J connectivity index is 2.63. The van der Waals surface area contributed by atoms with Crippen molar-refractivity contribution in [1.29, 1.82) is 0 Å². The number of amides is 1. The molecule has 0 aliphatic heterocycles. The Bertz CT molecular complexity index is 419. The van der Waals surface area contributed by atoms with Gasteiger partial charge in [0.15, 0.2) is 5.75 Å². The molecule has 0 aliphatic carbocycles. The van der Waals surface area contributed by atoms with Crippen molar-refractivity contribution in [2.24, 2.45) is 0 Å². The number of nitrogens with one attached hydrogen (secondary N) is 1. The zero-order chi connectivity index (χ0) is 14.3. The second-order valence-electron chi connectivity index (χ2n) is 4.40. The van der Waals surface area contributed by atoms with Gasteiger partial charge in [-0.3, -0.25) is 4.79 Å². The van der Waals surface area contributed by atoms with E-state index in [-0.39, 0.29) is 12.0 Å². The second kappa shape index (κ2) is 7.63. The van der Waals surface area contributed by atoms with Gasteiger partial charge >= 0.3 is 0 Å². The molecule has 0 bridgehead atoms. The number of aliphatic hydroxyl groups is 1.